The average Bonchev–Trinajstić information content (AvgIpc) is 1.93. The molecule has 0 aromatic heterocycles. The first-order chi connectivity index (χ1) is 4.41. The topological polar surface area (TPSA) is 29.5 Å². The average molecular weight is 132 g/mol. The third kappa shape index (κ3) is 7.92. The Kier molecular flexibility index (Phi) is 7.85. The van der Waals surface area contributed by atoms with E-state index in [9.17, 15) is 0 Å². The number of hydrogen-bond donors (Lipinski definition) is 1. The zero-order valence-electron chi connectivity index (χ0n) is 6.10. The van der Waals surface area contributed by atoms with Gasteiger partial charge in [-0.3, -0.25) is 0 Å². The van der Waals surface area contributed by atoms with Gasteiger partial charge in [-0.25, -0.2) is 0 Å². The van der Waals surface area contributed by atoms with E-state index in [4.69, 9.17) is 9.84 Å². The van der Waals surface area contributed by atoms with Gasteiger partial charge in [0.15, 0.2) is 0 Å². The van der Waals surface area contributed by atoms with Crippen LogP contribution in [0.1, 0.15) is 26.2 Å². The van der Waals surface area contributed by atoms with Crippen molar-refractivity contribution in [1.82, 2.24) is 0 Å². The molecule has 2 nitrogen and oxygen atoms in total. The van der Waals surface area contributed by atoms with Gasteiger partial charge in [-0.2, -0.15) is 0 Å². The van der Waals surface area contributed by atoms with Gasteiger partial charge >= 0.3 is 0 Å². The summed E-state index contributed by atoms with van der Waals surface area (Å²) < 4.78 is 5.07. The van der Waals surface area contributed by atoms with Crippen molar-refractivity contribution < 1.29 is 9.84 Å². The molecule has 0 radical (unpaired) electrons. The highest BCUT2D eigenvalue weighted by Gasteiger charge is 1.94. The molecule has 0 atom stereocenters. The quantitative estimate of drug-likeness (QED) is 0.536. The Bertz CT molecular complexity index is 30.7. The molecule has 0 bridgehead atoms. The standard InChI is InChI=1S/C5H10O.C2H6O/c1-2-4-6-5-3-1;1-2-3/h1-5H2;3H,2H2,1H3. The van der Waals surface area contributed by atoms with Crippen molar-refractivity contribution in [2.24, 2.45) is 0 Å². The van der Waals surface area contributed by atoms with Crippen molar-refractivity contribution in [2.45, 2.75) is 26.2 Å². The molecule has 0 spiro atoms. The van der Waals surface area contributed by atoms with Crippen molar-refractivity contribution >= 4 is 0 Å². The summed E-state index contributed by atoms with van der Waals surface area (Å²) in [7, 11) is 0. The van der Waals surface area contributed by atoms with Gasteiger partial charge in [0.05, 0.1) is 0 Å². The maximum Gasteiger partial charge on any atom is 0.0466 e. The van der Waals surface area contributed by atoms with E-state index in [1.165, 1.54) is 19.3 Å². The van der Waals surface area contributed by atoms with Crippen LogP contribution in [0, 0.1) is 0 Å². The zero-order chi connectivity index (χ0) is 6.95. The lowest BCUT2D eigenvalue weighted by Crippen LogP contribution is -2.03. The van der Waals surface area contributed by atoms with E-state index in [2.05, 4.69) is 0 Å². The fourth-order valence-electron chi connectivity index (χ4n) is 0.687. The lowest BCUT2D eigenvalue weighted by atomic mass is 10.2. The summed E-state index contributed by atoms with van der Waals surface area (Å²) in [5, 5.41) is 7.57. The number of aliphatic hydroxyl groups excluding tert-OH is 1. The molecule has 1 rings (SSSR count). The summed E-state index contributed by atoms with van der Waals surface area (Å²) in [6, 6.07) is 0. The minimum atomic E-state index is 0.250. The van der Waals surface area contributed by atoms with E-state index in [0.717, 1.165) is 13.2 Å². The van der Waals surface area contributed by atoms with E-state index in [1.54, 1.807) is 6.92 Å². The highest BCUT2D eigenvalue weighted by atomic mass is 16.5. The summed E-state index contributed by atoms with van der Waals surface area (Å²) in [5.41, 5.74) is 0. The van der Waals surface area contributed by atoms with Crippen molar-refractivity contribution in [3.63, 3.8) is 0 Å². The van der Waals surface area contributed by atoms with E-state index in [1.807, 2.05) is 0 Å². The van der Waals surface area contributed by atoms with Crippen LogP contribution < -0.4 is 0 Å². The van der Waals surface area contributed by atoms with Crippen molar-refractivity contribution in [3.8, 4) is 0 Å². The van der Waals surface area contributed by atoms with Crippen molar-refractivity contribution in [1.29, 1.82) is 0 Å². The number of aliphatic hydroxyl groups is 1. The molecule has 1 fully saturated rings. The van der Waals surface area contributed by atoms with Crippen molar-refractivity contribution in [3.05, 3.63) is 0 Å². The van der Waals surface area contributed by atoms with Gasteiger partial charge in [0.1, 0.15) is 0 Å². The number of rotatable bonds is 0. The second-order valence-corrected chi connectivity index (χ2v) is 1.99. The van der Waals surface area contributed by atoms with Crippen LogP contribution in [0.4, 0.5) is 0 Å². The zero-order valence-corrected chi connectivity index (χ0v) is 6.10. The fourth-order valence-corrected chi connectivity index (χ4v) is 0.687. The van der Waals surface area contributed by atoms with Gasteiger partial charge in [0, 0.05) is 19.8 Å². The predicted octanol–water partition coefficient (Wildman–Crippen LogP) is 1.19. The summed E-state index contributed by atoms with van der Waals surface area (Å²) in [6.07, 6.45) is 3.93. The summed E-state index contributed by atoms with van der Waals surface area (Å²) in [4.78, 5) is 0. The largest absolute Gasteiger partial charge is 0.397 e. The van der Waals surface area contributed by atoms with E-state index in [0.29, 0.717) is 0 Å². The number of ether oxygens (including phenoxy) is 1. The molecular formula is C7H16O2. The van der Waals surface area contributed by atoms with Crippen LogP contribution in [0.2, 0.25) is 0 Å². The van der Waals surface area contributed by atoms with Gasteiger partial charge in [-0.1, -0.05) is 0 Å². The molecule has 0 unspecified atom stereocenters. The minimum absolute atomic E-state index is 0.250. The third-order valence-corrected chi connectivity index (χ3v) is 1.08. The molecule has 9 heavy (non-hydrogen) atoms. The second-order valence-electron chi connectivity index (χ2n) is 1.99. The normalized spacial score (nSPS) is 18.0. The molecule has 1 heterocycles. The van der Waals surface area contributed by atoms with Crippen molar-refractivity contribution in [2.75, 3.05) is 19.8 Å². The smallest absolute Gasteiger partial charge is 0.0466 e. The lowest BCUT2D eigenvalue weighted by Gasteiger charge is -2.08. The van der Waals surface area contributed by atoms with Crippen LogP contribution in [0.15, 0.2) is 0 Å². The van der Waals surface area contributed by atoms with Crippen LogP contribution >= 0.6 is 0 Å². The number of hydrogen-bond acceptors (Lipinski definition) is 2. The molecule has 0 aliphatic carbocycles. The molecule has 0 aromatic carbocycles. The molecule has 1 N–H and O–H groups in total. The van der Waals surface area contributed by atoms with E-state index in [-0.39, 0.29) is 6.61 Å². The summed E-state index contributed by atoms with van der Waals surface area (Å²) in [5.74, 6) is 0. The first-order valence-electron chi connectivity index (χ1n) is 3.60. The Balaban J connectivity index is 0.000000187. The molecule has 0 amide bonds. The molecule has 2 heteroatoms. The maximum atomic E-state index is 7.57. The van der Waals surface area contributed by atoms with Gasteiger partial charge in [0.25, 0.3) is 0 Å². The monoisotopic (exact) mass is 132 g/mol. The Morgan fingerprint density at radius 1 is 1.22 bits per heavy atom. The third-order valence-electron chi connectivity index (χ3n) is 1.08. The highest BCUT2D eigenvalue weighted by Crippen LogP contribution is 2.02. The van der Waals surface area contributed by atoms with E-state index < -0.39 is 0 Å². The first-order valence-corrected chi connectivity index (χ1v) is 3.60. The first kappa shape index (κ1) is 8.92. The second kappa shape index (κ2) is 7.92. The van der Waals surface area contributed by atoms with Crippen LogP contribution in [-0.4, -0.2) is 24.9 Å². The molecule has 1 aliphatic rings. The molecule has 0 saturated carbocycles. The van der Waals surface area contributed by atoms with Gasteiger partial charge in [-0.05, 0) is 26.2 Å². The molecule has 1 aliphatic heterocycles. The molecule has 56 valence electrons. The highest BCUT2D eigenvalue weighted by molar-refractivity contribution is 4.45. The van der Waals surface area contributed by atoms with Gasteiger partial charge in [-0.15, -0.1) is 0 Å². The van der Waals surface area contributed by atoms with Crippen LogP contribution in [0.3, 0.4) is 0 Å². The van der Waals surface area contributed by atoms with Crippen LogP contribution in [0.5, 0.6) is 0 Å². The Hall–Kier alpha value is -0.0800. The minimum Gasteiger partial charge on any atom is -0.397 e. The predicted molar refractivity (Wildman–Crippen MR) is 37.4 cm³/mol. The molecular weight excluding hydrogens is 116 g/mol. The Labute approximate surface area is 56.8 Å². The maximum absolute atomic E-state index is 7.57. The fraction of sp³-hybridized carbons (Fsp3) is 1.00. The Morgan fingerprint density at radius 2 is 1.67 bits per heavy atom. The molecule has 1 saturated heterocycles. The summed E-state index contributed by atoms with van der Waals surface area (Å²) >= 11 is 0. The van der Waals surface area contributed by atoms with E-state index >= 15 is 0 Å². The molecule has 0 aromatic rings. The van der Waals surface area contributed by atoms with Gasteiger partial charge < -0.3 is 9.84 Å². The lowest BCUT2D eigenvalue weighted by molar-refractivity contribution is 0.0968. The van der Waals surface area contributed by atoms with Gasteiger partial charge in [0.2, 0.25) is 0 Å². The van der Waals surface area contributed by atoms with Crippen LogP contribution in [0.25, 0.3) is 0 Å². The Morgan fingerprint density at radius 3 is 1.78 bits per heavy atom. The summed E-state index contributed by atoms with van der Waals surface area (Å²) in [6.45, 7) is 3.93. The van der Waals surface area contributed by atoms with Crippen LogP contribution in [-0.2, 0) is 4.74 Å². The SMILES string of the molecule is C1CCOCC1.CCO.